The van der Waals surface area contributed by atoms with Crippen molar-refractivity contribution in [2.24, 2.45) is 0 Å². The number of pyridine rings is 1. The fraction of sp³-hybridized carbons (Fsp3) is 0.400. The smallest absolute Gasteiger partial charge is 0.295 e. The van der Waals surface area contributed by atoms with E-state index in [2.05, 4.69) is 9.97 Å². The maximum absolute atomic E-state index is 12.7. The quantitative estimate of drug-likeness (QED) is 0.764. The molecule has 3 nitrogen and oxygen atoms in total. The van der Waals surface area contributed by atoms with E-state index in [1.807, 2.05) is 13.8 Å². The third-order valence-electron chi connectivity index (χ3n) is 2.23. The molecule has 0 saturated heterocycles. The fourth-order valence-electron chi connectivity index (χ4n) is 1.67. The molecule has 0 N–H and O–H groups in total. The van der Waals surface area contributed by atoms with Crippen LogP contribution >= 0.6 is 0 Å². The van der Waals surface area contributed by atoms with Crippen molar-refractivity contribution >= 4 is 11.0 Å². The topological polar surface area (TPSA) is 30.7 Å². The first kappa shape index (κ1) is 10.0. The second-order valence-electron chi connectivity index (χ2n) is 3.60. The first-order chi connectivity index (χ1) is 7.11. The summed E-state index contributed by atoms with van der Waals surface area (Å²) in [6.07, 6.45) is 0.526. The minimum absolute atomic E-state index is 0.0404. The molecular weight excluding hydrogens is 200 g/mol. The predicted molar refractivity (Wildman–Crippen MR) is 52.9 cm³/mol. The summed E-state index contributed by atoms with van der Waals surface area (Å²) >= 11 is 0. The van der Waals surface area contributed by atoms with Crippen LogP contribution in [0, 0.1) is 0 Å². The van der Waals surface area contributed by atoms with Gasteiger partial charge >= 0.3 is 0 Å². The Morgan fingerprint density at radius 1 is 1.33 bits per heavy atom. The first-order valence-corrected chi connectivity index (χ1v) is 4.71. The maximum Gasteiger partial charge on any atom is 0.295 e. The number of rotatable bonds is 2. The number of hydrogen-bond acceptors (Lipinski definition) is 2. The molecule has 80 valence electrons. The van der Waals surface area contributed by atoms with Gasteiger partial charge in [0.1, 0.15) is 5.52 Å². The van der Waals surface area contributed by atoms with Gasteiger partial charge in [-0.3, -0.25) is 4.98 Å². The molecule has 2 aromatic rings. The van der Waals surface area contributed by atoms with E-state index >= 15 is 0 Å². The van der Waals surface area contributed by atoms with Gasteiger partial charge < -0.3 is 4.57 Å². The molecule has 5 heteroatoms. The summed E-state index contributed by atoms with van der Waals surface area (Å²) in [5.41, 5.74) is 1.22. The molecule has 0 aliphatic heterocycles. The minimum atomic E-state index is -2.56. The van der Waals surface area contributed by atoms with Gasteiger partial charge in [0.2, 0.25) is 0 Å². The first-order valence-electron chi connectivity index (χ1n) is 4.71. The Hall–Kier alpha value is -1.52. The Labute approximate surface area is 85.8 Å². The highest BCUT2D eigenvalue weighted by Crippen LogP contribution is 2.26. The van der Waals surface area contributed by atoms with Crippen LogP contribution < -0.4 is 0 Å². The Kier molecular flexibility index (Phi) is 2.38. The zero-order chi connectivity index (χ0) is 11.0. The van der Waals surface area contributed by atoms with E-state index < -0.39 is 6.43 Å². The van der Waals surface area contributed by atoms with Crippen LogP contribution in [-0.4, -0.2) is 14.5 Å². The molecule has 0 atom stereocenters. The highest BCUT2D eigenvalue weighted by Gasteiger charge is 2.20. The van der Waals surface area contributed by atoms with Crippen molar-refractivity contribution in [1.82, 2.24) is 14.5 Å². The summed E-state index contributed by atoms with van der Waals surface area (Å²) in [6, 6.07) is 1.66. The van der Waals surface area contributed by atoms with E-state index in [1.165, 1.54) is 6.20 Å². The molecule has 2 rings (SSSR count). The van der Waals surface area contributed by atoms with Crippen molar-refractivity contribution in [3.05, 3.63) is 24.3 Å². The molecule has 0 fully saturated rings. The summed E-state index contributed by atoms with van der Waals surface area (Å²) in [5.74, 6) is -0.187. The maximum atomic E-state index is 12.7. The van der Waals surface area contributed by atoms with Gasteiger partial charge in [0.25, 0.3) is 6.43 Å². The van der Waals surface area contributed by atoms with Crippen LogP contribution in [0.15, 0.2) is 18.5 Å². The van der Waals surface area contributed by atoms with E-state index in [0.29, 0.717) is 11.0 Å². The normalized spacial score (nSPS) is 11.9. The number of hydrogen-bond donors (Lipinski definition) is 0. The number of fused-ring (bicyclic) bond motifs is 1. The molecule has 2 aromatic heterocycles. The van der Waals surface area contributed by atoms with Crippen molar-refractivity contribution in [3.63, 3.8) is 0 Å². The third-order valence-corrected chi connectivity index (χ3v) is 2.23. The van der Waals surface area contributed by atoms with Gasteiger partial charge in [-0.05, 0) is 19.9 Å². The predicted octanol–water partition coefficient (Wildman–Crippen LogP) is 2.95. The number of imidazole rings is 1. The van der Waals surface area contributed by atoms with E-state index in [-0.39, 0.29) is 11.9 Å². The van der Waals surface area contributed by atoms with Crippen LogP contribution in [0.25, 0.3) is 11.0 Å². The Morgan fingerprint density at radius 3 is 2.67 bits per heavy atom. The van der Waals surface area contributed by atoms with E-state index in [4.69, 9.17) is 0 Å². The Bertz CT molecular complexity index is 476. The molecule has 0 unspecified atom stereocenters. The zero-order valence-corrected chi connectivity index (χ0v) is 8.48. The molecule has 2 heterocycles. The Balaban J connectivity index is 2.75. The lowest BCUT2D eigenvalue weighted by atomic mass is 10.3. The molecule has 0 aliphatic rings. The van der Waals surface area contributed by atoms with E-state index in [0.717, 1.165) is 0 Å². The van der Waals surface area contributed by atoms with Crippen LogP contribution in [0.2, 0.25) is 0 Å². The van der Waals surface area contributed by atoms with Crippen molar-refractivity contribution in [3.8, 4) is 0 Å². The summed E-state index contributed by atoms with van der Waals surface area (Å²) in [4.78, 5) is 7.75. The SMILES string of the molecule is CC(C)n1c(C(F)F)nc2cnccc21. The molecule has 0 bridgehead atoms. The van der Waals surface area contributed by atoms with Gasteiger partial charge in [-0.25, -0.2) is 13.8 Å². The van der Waals surface area contributed by atoms with Gasteiger partial charge in [-0.15, -0.1) is 0 Å². The van der Waals surface area contributed by atoms with Gasteiger partial charge in [0, 0.05) is 12.2 Å². The van der Waals surface area contributed by atoms with Crippen LogP contribution in [0.3, 0.4) is 0 Å². The van der Waals surface area contributed by atoms with Gasteiger partial charge in [0.05, 0.1) is 11.7 Å². The molecule has 0 spiro atoms. The molecular formula is C10H11F2N3. The molecule has 0 aliphatic carbocycles. The number of nitrogens with zero attached hydrogens (tertiary/aromatic N) is 3. The molecule has 0 amide bonds. The van der Waals surface area contributed by atoms with Gasteiger partial charge in [-0.2, -0.15) is 0 Å². The van der Waals surface area contributed by atoms with Crippen molar-refractivity contribution in [1.29, 1.82) is 0 Å². The highest BCUT2D eigenvalue weighted by atomic mass is 19.3. The Morgan fingerprint density at radius 2 is 2.07 bits per heavy atom. The second kappa shape index (κ2) is 3.56. The molecule has 15 heavy (non-hydrogen) atoms. The number of alkyl halides is 2. The number of aromatic nitrogens is 3. The van der Waals surface area contributed by atoms with Crippen LogP contribution in [-0.2, 0) is 0 Å². The largest absolute Gasteiger partial charge is 0.321 e. The monoisotopic (exact) mass is 211 g/mol. The molecule has 0 aromatic carbocycles. The van der Waals surface area contributed by atoms with Crippen LogP contribution in [0.5, 0.6) is 0 Å². The standard InChI is InChI=1S/C10H11F2N3/c1-6(2)15-8-3-4-13-5-7(8)14-10(15)9(11)12/h3-6,9H,1-2H3. The fourth-order valence-corrected chi connectivity index (χ4v) is 1.67. The third kappa shape index (κ3) is 1.58. The summed E-state index contributed by atoms with van der Waals surface area (Å²) in [6.45, 7) is 3.71. The summed E-state index contributed by atoms with van der Waals surface area (Å²) < 4.78 is 27.0. The summed E-state index contributed by atoms with van der Waals surface area (Å²) in [5, 5.41) is 0. The zero-order valence-electron chi connectivity index (χ0n) is 8.48. The number of halogens is 2. The highest BCUT2D eigenvalue weighted by molar-refractivity contribution is 5.74. The van der Waals surface area contributed by atoms with Crippen LogP contribution in [0.1, 0.15) is 32.1 Å². The van der Waals surface area contributed by atoms with Crippen molar-refractivity contribution < 1.29 is 8.78 Å². The average Bonchev–Trinajstić information content (AvgIpc) is 2.56. The lowest BCUT2D eigenvalue weighted by Crippen LogP contribution is -2.06. The van der Waals surface area contributed by atoms with E-state index in [1.54, 1.807) is 16.8 Å². The van der Waals surface area contributed by atoms with E-state index in [9.17, 15) is 8.78 Å². The van der Waals surface area contributed by atoms with Gasteiger partial charge in [0.15, 0.2) is 5.82 Å². The van der Waals surface area contributed by atoms with Crippen molar-refractivity contribution in [2.75, 3.05) is 0 Å². The molecule has 0 saturated carbocycles. The molecule has 0 radical (unpaired) electrons. The average molecular weight is 211 g/mol. The van der Waals surface area contributed by atoms with Crippen LogP contribution in [0.4, 0.5) is 8.78 Å². The minimum Gasteiger partial charge on any atom is -0.321 e. The lowest BCUT2D eigenvalue weighted by Gasteiger charge is -2.11. The summed E-state index contributed by atoms with van der Waals surface area (Å²) in [7, 11) is 0. The van der Waals surface area contributed by atoms with Crippen molar-refractivity contribution in [2.45, 2.75) is 26.3 Å². The van der Waals surface area contributed by atoms with Gasteiger partial charge in [-0.1, -0.05) is 0 Å². The lowest BCUT2D eigenvalue weighted by molar-refractivity contribution is 0.134. The second-order valence-corrected chi connectivity index (χ2v) is 3.60.